The molecule has 2 aliphatic heterocycles. The second kappa shape index (κ2) is 26.1. The SMILES string of the molecule is c1ccc([Si](c2ccccc2)(c2ccccc2)c2cc(-c3nc(N4c5ccccc5[Si](c5ccccc5)(c5ccccc5)c5ccccc54)nc(N4c5ccccc5[Si](c5ccccc5)(c5ccccc5)c5ccccc54)n3)cc([Si](c3ccccc3)(c3ccccc3)c3ccccc3)c2)cc1. The van der Waals surface area contributed by atoms with Crippen molar-refractivity contribution in [1.82, 2.24) is 15.0 Å². The summed E-state index contributed by atoms with van der Waals surface area (Å²) in [5, 5.41) is 20.2. The third-order valence-electron chi connectivity index (χ3n) is 21.3. The lowest BCUT2D eigenvalue weighted by molar-refractivity contribution is 0.990. The van der Waals surface area contributed by atoms with Crippen LogP contribution in [-0.2, 0) is 0 Å². The molecule has 0 saturated carbocycles. The number of benzene rings is 15. The number of rotatable bonds is 15. The van der Waals surface area contributed by atoms with Crippen LogP contribution in [0.1, 0.15) is 0 Å². The van der Waals surface area contributed by atoms with Gasteiger partial charge in [-0.15, -0.1) is 0 Å². The highest BCUT2D eigenvalue weighted by Crippen LogP contribution is 2.42. The van der Waals surface area contributed by atoms with Gasteiger partial charge in [0.2, 0.25) is 11.9 Å². The Morgan fingerprint density at radius 1 is 0.196 bits per heavy atom. The number of para-hydroxylation sites is 4. The standard InChI is InChI=1S/C93H69N5Si4/c1-11-39-71(40-12-1)99(72-41-13-2-14-42-72,73-43-15-3-16-44-73)81-67-70(68-82(69-81)100(74-45-17-4-18-46-74,75-47-19-5-20-48-75)76-49-21-6-22-50-76)91-94-92(97-83-59-31-35-63-87(83)101(77-51-23-7-24-52-77,78-53-25-8-26-54-78)88-64-36-32-60-84(88)97)96-93(95-91)98-85-61-33-37-65-89(85)102(79-55-27-9-28-56-79,80-57-29-10-30-58-80)90-66-38-34-62-86(90)98/h1-69H. The summed E-state index contributed by atoms with van der Waals surface area (Å²) in [7, 11) is -13.0. The van der Waals surface area contributed by atoms with Crippen molar-refractivity contribution in [2.45, 2.75) is 0 Å². The molecular weight excluding hydrogens is 1300 g/mol. The summed E-state index contributed by atoms with van der Waals surface area (Å²) in [6.45, 7) is 0. The van der Waals surface area contributed by atoms with Crippen LogP contribution in [0.3, 0.4) is 0 Å². The fourth-order valence-electron chi connectivity index (χ4n) is 17.3. The van der Waals surface area contributed by atoms with Crippen LogP contribution in [0, 0.1) is 0 Å². The number of hydrogen-bond donors (Lipinski definition) is 0. The molecule has 0 radical (unpaired) electrons. The molecule has 3 heterocycles. The smallest absolute Gasteiger partial charge is 0.240 e. The second-order valence-corrected chi connectivity index (χ2v) is 41.5. The minimum absolute atomic E-state index is 0.510. The van der Waals surface area contributed by atoms with E-state index < -0.39 is 32.3 Å². The molecule has 102 heavy (non-hydrogen) atoms. The molecule has 16 aromatic rings. The first-order valence-electron chi connectivity index (χ1n) is 35.1. The molecule has 0 spiro atoms. The molecule has 0 atom stereocenters. The van der Waals surface area contributed by atoms with Crippen LogP contribution >= 0.6 is 0 Å². The fraction of sp³-hybridized carbons (Fsp3) is 0. The Hall–Kier alpha value is -12.2. The van der Waals surface area contributed by atoms with Gasteiger partial charge in [-0.2, -0.15) is 15.0 Å². The van der Waals surface area contributed by atoms with Crippen molar-refractivity contribution in [3.63, 3.8) is 0 Å². The average molecular weight is 1370 g/mol. The molecule has 15 aromatic carbocycles. The Labute approximate surface area is 600 Å². The zero-order chi connectivity index (χ0) is 67.9. The van der Waals surface area contributed by atoms with Crippen LogP contribution in [0.25, 0.3) is 11.4 Å². The molecule has 0 saturated heterocycles. The quantitative estimate of drug-likeness (QED) is 0.0756. The van der Waals surface area contributed by atoms with E-state index in [1.165, 1.54) is 83.0 Å². The second-order valence-electron chi connectivity index (χ2n) is 26.5. The van der Waals surface area contributed by atoms with E-state index >= 15 is 0 Å². The van der Waals surface area contributed by atoms with Crippen LogP contribution < -0.4 is 92.8 Å². The summed E-state index contributed by atoms with van der Waals surface area (Å²) in [6, 6.07) is 157. The fourth-order valence-corrected chi connectivity index (χ4v) is 37.2. The van der Waals surface area contributed by atoms with Gasteiger partial charge in [0.1, 0.15) is 0 Å². The first-order chi connectivity index (χ1) is 50.6. The van der Waals surface area contributed by atoms with E-state index in [-0.39, 0.29) is 0 Å². The molecule has 0 unspecified atom stereocenters. The average Bonchev–Trinajstić information content (AvgIpc) is 0.714. The van der Waals surface area contributed by atoms with Gasteiger partial charge in [0.05, 0.1) is 0 Å². The maximum Gasteiger partial charge on any atom is 0.240 e. The molecule has 0 aliphatic carbocycles. The largest absolute Gasteiger partial charge is 0.279 e. The molecule has 18 rings (SSSR count). The molecular formula is C93H69N5Si4. The summed E-state index contributed by atoms with van der Waals surface area (Å²) in [4.78, 5) is 23.2. The Kier molecular flexibility index (Phi) is 15.9. The number of hydrogen-bond acceptors (Lipinski definition) is 5. The van der Waals surface area contributed by atoms with Crippen LogP contribution in [0.4, 0.5) is 34.6 Å². The molecule has 1 aromatic heterocycles. The first-order valence-corrected chi connectivity index (χ1v) is 43.1. The highest BCUT2D eigenvalue weighted by molar-refractivity contribution is 7.23. The molecule has 2 aliphatic rings. The topological polar surface area (TPSA) is 45.2 Å². The van der Waals surface area contributed by atoms with Gasteiger partial charge in [-0.25, -0.2) is 0 Å². The molecule has 0 bridgehead atoms. The summed E-state index contributed by atoms with van der Waals surface area (Å²) in [5.41, 5.74) is 5.00. The third-order valence-corrected chi connectivity index (χ3v) is 40.6. The number of fused-ring (bicyclic) bond motifs is 4. The van der Waals surface area contributed by atoms with Crippen molar-refractivity contribution in [2.75, 3.05) is 9.80 Å². The van der Waals surface area contributed by atoms with Crippen molar-refractivity contribution in [3.8, 4) is 11.4 Å². The van der Waals surface area contributed by atoms with Crippen molar-refractivity contribution in [2.24, 2.45) is 0 Å². The lowest BCUT2D eigenvalue weighted by Crippen LogP contribution is -2.78. The highest BCUT2D eigenvalue weighted by Gasteiger charge is 2.52. The zero-order valence-corrected chi connectivity index (χ0v) is 60.1. The highest BCUT2D eigenvalue weighted by atomic mass is 28.3. The molecule has 5 nitrogen and oxygen atoms in total. The molecule has 0 fully saturated rings. The molecule has 0 amide bonds. The molecule has 9 heteroatoms. The van der Waals surface area contributed by atoms with E-state index in [2.05, 4.69) is 428 Å². The molecule has 482 valence electrons. The summed E-state index contributed by atoms with van der Waals surface area (Å²) >= 11 is 0. The van der Waals surface area contributed by atoms with E-state index in [9.17, 15) is 0 Å². The molecule has 0 N–H and O–H groups in total. The maximum absolute atomic E-state index is 6.16. The minimum atomic E-state index is -3.38. The first kappa shape index (κ1) is 62.1. The Morgan fingerprint density at radius 2 is 0.402 bits per heavy atom. The van der Waals surface area contributed by atoms with Crippen LogP contribution in [0.15, 0.2) is 419 Å². The van der Waals surface area contributed by atoms with Gasteiger partial charge in [-0.1, -0.05) is 394 Å². The van der Waals surface area contributed by atoms with Crippen LogP contribution in [-0.4, -0.2) is 47.2 Å². The van der Waals surface area contributed by atoms with Gasteiger partial charge in [-0.05, 0) is 107 Å². The summed E-state index contributed by atoms with van der Waals surface area (Å²) < 4.78 is 0. The van der Waals surface area contributed by atoms with Gasteiger partial charge in [0, 0.05) is 28.3 Å². The van der Waals surface area contributed by atoms with Gasteiger partial charge >= 0.3 is 0 Å². The van der Waals surface area contributed by atoms with Crippen molar-refractivity contribution in [3.05, 3.63) is 419 Å². The third kappa shape index (κ3) is 9.79. The van der Waals surface area contributed by atoms with E-state index in [0.29, 0.717) is 17.7 Å². The van der Waals surface area contributed by atoms with Crippen molar-refractivity contribution < 1.29 is 0 Å². The summed E-state index contributed by atoms with van der Waals surface area (Å²) in [5.74, 6) is 1.57. The lowest BCUT2D eigenvalue weighted by atomic mass is 10.2. The summed E-state index contributed by atoms with van der Waals surface area (Å²) in [6.07, 6.45) is 0. The predicted molar refractivity (Wildman–Crippen MR) is 436 cm³/mol. The normalized spacial score (nSPS) is 13.4. The monoisotopic (exact) mass is 1370 g/mol. The number of aromatic nitrogens is 3. The van der Waals surface area contributed by atoms with E-state index in [4.69, 9.17) is 15.0 Å². The van der Waals surface area contributed by atoms with E-state index in [0.717, 1.165) is 28.3 Å². The Balaban J connectivity index is 1.00. The van der Waals surface area contributed by atoms with E-state index in [1.54, 1.807) is 0 Å². The van der Waals surface area contributed by atoms with Crippen LogP contribution in [0.2, 0.25) is 0 Å². The predicted octanol–water partition coefficient (Wildman–Crippen LogP) is 10.6. The van der Waals surface area contributed by atoms with E-state index in [1.807, 2.05) is 0 Å². The van der Waals surface area contributed by atoms with Crippen molar-refractivity contribution >= 4 is 150 Å². The Bertz CT molecular complexity index is 4940. The van der Waals surface area contributed by atoms with Gasteiger partial charge < -0.3 is 0 Å². The number of nitrogens with zero attached hydrogens (tertiary/aromatic N) is 5. The lowest BCUT2D eigenvalue weighted by Gasteiger charge is -2.45. The maximum atomic E-state index is 6.16. The van der Waals surface area contributed by atoms with Gasteiger partial charge in [0.15, 0.2) is 38.1 Å². The zero-order valence-electron chi connectivity index (χ0n) is 56.1. The van der Waals surface area contributed by atoms with Gasteiger partial charge in [0.25, 0.3) is 0 Å². The Morgan fingerprint density at radius 3 is 0.637 bits per heavy atom. The van der Waals surface area contributed by atoms with Crippen molar-refractivity contribution in [1.29, 1.82) is 0 Å². The van der Waals surface area contributed by atoms with Gasteiger partial charge in [-0.3, -0.25) is 9.80 Å². The minimum Gasteiger partial charge on any atom is -0.279 e. The number of anilines is 6. The van der Waals surface area contributed by atoms with Crippen LogP contribution in [0.5, 0.6) is 0 Å².